The van der Waals surface area contributed by atoms with Crippen LogP contribution >= 0.6 is 7.82 Å². The molecule has 2 atom stereocenters. The number of ether oxygens (including phenoxy) is 2. The molecule has 0 fully saturated rings. The third kappa shape index (κ3) is 40.5. The Labute approximate surface area is 333 Å². The zero-order valence-corrected chi connectivity index (χ0v) is 36.5. The quantitative estimate of drug-likeness (QED) is 0.0282. The molecular weight excluding hydrogens is 699 g/mol. The van der Waals surface area contributed by atoms with Gasteiger partial charge < -0.3 is 14.4 Å². The fourth-order valence-corrected chi connectivity index (χ4v) is 7.17. The summed E-state index contributed by atoms with van der Waals surface area (Å²) in [5, 5.41) is 0. The number of allylic oxidation sites excluding steroid dienone is 2. The van der Waals surface area contributed by atoms with E-state index in [-0.39, 0.29) is 19.0 Å². The van der Waals surface area contributed by atoms with Crippen LogP contribution in [0.2, 0.25) is 0 Å². The minimum absolute atomic E-state index is 0.223. The molecule has 0 aliphatic rings. The lowest BCUT2D eigenvalue weighted by molar-refractivity contribution is -0.161. The van der Waals surface area contributed by atoms with E-state index >= 15 is 0 Å². The third-order valence-electron chi connectivity index (χ3n) is 10.3. The van der Waals surface area contributed by atoms with Gasteiger partial charge in [-0.3, -0.25) is 18.6 Å². The molecule has 0 saturated carbocycles. The topological polar surface area (TPSA) is 108 Å². The molecule has 2 unspecified atom stereocenters. The highest BCUT2D eigenvalue weighted by atomic mass is 31.2. The molecule has 9 heteroatoms. The lowest BCUT2D eigenvalue weighted by Crippen LogP contribution is -2.29. The van der Waals surface area contributed by atoms with Crippen LogP contribution in [0.1, 0.15) is 239 Å². The molecule has 0 aliphatic heterocycles. The number of hydrogen-bond donors (Lipinski definition) is 1. The number of carbonyl (C=O) groups excluding carboxylic acids is 2. The van der Waals surface area contributed by atoms with Crippen LogP contribution in [0.3, 0.4) is 0 Å². The van der Waals surface area contributed by atoms with E-state index < -0.39 is 26.5 Å². The van der Waals surface area contributed by atoms with E-state index in [1.54, 1.807) is 0 Å². The standard InChI is InChI=1S/C45H87O8P/c1-4-6-8-10-12-14-16-18-19-20-21-22-23-24-25-26-27-28-30-31-33-35-37-39-44(46)51-41-43(42-52-54(48,49)50-3)53-45(47)40-38-36-34-32-29-17-15-13-11-9-7-5-2/h13,15,43H,4-12,14,16-42H2,1-3H3,(H,48,49)/b15-13-. The van der Waals surface area contributed by atoms with Crippen molar-refractivity contribution in [1.82, 2.24) is 0 Å². The van der Waals surface area contributed by atoms with Gasteiger partial charge in [0.2, 0.25) is 0 Å². The van der Waals surface area contributed by atoms with E-state index in [0.717, 1.165) is 58.5 Å². The minimum atomic E-state index is -4.26. The van der Waals surface area contributed by atoms with Crippen molar-refractivity contribution in [1.29, 1.82) is 0 Å². The summed E-state index contributed by atoms with van der Waals surface area (Å²) in [7, 11) is -3.19. The van der Waals surface area contributed by atoms with E-state index in [1.807, 2.05) is 0 Å². The third-order valence-corrected chi connectivity index (χ3v) is 11.2. The molecule has 0 heterocycles. The summed E-state index contributed by atoms with van der Waals surface area (Å²) in [5.41, 5.74) is 0. The Bertz CT molecular complexity index is 895. The monoisotopic (exact) mass is 787 g/mol. The molecule has 0 bridgehead atoms. The van der Waals surface area contributed by atoms with Crippen LogP contribution in [0.15, 0.2) is 12.2 Å². The smallest absolute Gasteiger partial charge is 0.462 e. The Balaban J connectivity index is 3.84. The van der Waals surface area contributed by atoms with Crippen LogP contribution in [0.4, 0.5) is 0 Å². The number of unbranched alkanes of at least 4 members (excludes halogenated alkanes) is 30. The van der Waals surface area contributed by atoms with Gasteiger partial charge in [-0.25, -0.2) is 4.57 Å². The number of esters is 2. The van der Waals surface area contributed by atoms with E-state index in [0.29, 0.717) is 12.8 Å². The van der Waals surface area contributed by atoms with Crippen molar-refractivity contribution in [2.75, 3.05) is 20.3 Å². The molecule has 54 heavy (non-hydrogen) atoms. The lowest BCUT2D eigenvalue weighted by atomic mass is 10.0. The first-order chi connectivity index (χ1) is 26.3. The van der Waals surface area contributed by atoms with Crippen LogP contribution < -0.4 is 0 Å². The summed E-state index contributed by atoms with van der Waals surface area (Å²) in [6.07, 6.45) is 45.7. The van der Waals surface area contributed by atoms with E-state index in [9.17, 15) is 19.0 Å². The Kier molecular flexibility index (Phi) is 40.5. The Morgan fingerprint density at radius 2 is 0.833 bits per heavy atom. The van der Waals surface area contributed by atoms with Gasteiger partial charge in [0.15, 0.2) is 6.10 Å². The van der Waals surface area contributed by atoms with Crippen LogP contribution in [-0.4, -0.2) is 43.3 Å². The Hall–Kier alpha value is -1.21. The maximum Gasteiger partial charge on any atom is 0.472 e. The number of phosphoric ester groups is 1. The highest BCUT2D eigenvalue weighted by Gasteiger charge is 2.24. The molecule has 0 rings (SSSR count). The molecule has 0 radical (unpaired) electrons. The molecule has 0 aromatic heterocycles. The normalized spacial score (nSPS) is 13.3. The van der Waals surface area contributed by atoms with Gasteiger partial charge in [-0.05, 0) is 38.5 Å². The molecule has 320 valence electrons. The van der Waals surface area contributed by atoms with Gasteiger partial charge in [0, 0.05) is 20.0 Å². The van der Waals surface area contributed by atoms with Crippen molar-refractivity contribution >= 4 is 19.8 Å². The van der Waals surface area contributed by atoms with E-state index in [4.69, 9.17) is 14.0 Å². The Morgan fingerprint density at radius 3 is 1.24 bits per heavy atom. The highest BCUT2D eigenvalue weighted by molar-refractivity contribution is 7.47. The number of rotatable bonds is 43. The fourth-order valence-electron chi connectivity index (χ4n) is 6.71. The molecule has 0 aromatic rings. The first-order valence-corrected chi connectivity index (χ1v) is 24.4. The van der Waals surface area contributed by atoms with Crippen LogP contribution in [-0.2, 0) is 32.7 Å². The van der Waals surface area contributed by atoms with Crippen molar-refractivity contribution in [3.63, 3.8) is 0 Å². The van der Waals surface area contributed by atoms with Crippen molar-refractivity contribution in [2.45, 2.75) is 245 Å². The highest BCUT2D eigenvalue weighted by Crippen LogP contribution is 2.42. The van der Waals surface area contributed by atoms with Crippen molar-refractivity contribution < 1.29 is 37.6 Å². The maximum absolute atomic E-state index is 12.5. The Morgan fingerprint density at radius 1 is 0.500 bits per heavy atom. The summed E-state index contributed by atoms with van der Waals surface area (Å²) in [6, 6.07) is 0. The average molecular weight is 787 g/mol. The predicted octanol–water partition coefficient (Wildman–Crippen LogP) is 14.5. The molecular formula is C45H87O8P. The summed E-state index contributed by atoms with van der Waals surface area (Å²) >= 11 is 0. The fraction of sp³-hybridized carbons (Fsp3) is 0.911. The first kappa shape index (κ1) is 52.8. The van der Waals surface area contributed by atoms with Crippen LogP contribution in [0.5, 0.6) is 0 Å². The van der Waals surface area contributed by atoms with Crippen LogP contribution in [0.25, 0.3) is 0 Å². The number of hydrogen-bond acceptors (Lipinski definition) is 7. The number of phosphoric acid groups is 1. The number of carbonyl (C=O) groups is 2. The second-order valence-electron chi connectivity index (χ2n) is 15.5. The average Bonchev–Trinajstić information content (AvgIpc) is 3.16. The SMILES string of the molecule is CCCCC/C=C\CCCCCCCC(=O)OC(COC(=O)CCCCCCCCCCCCCCCCCCCCCCCCC)COP(=O)(O)OC. The zero-order valence-electron chi connectivity index (χ0n) is 35.6. The molecule has 0 aromatic carbocycles. The molecule has 0 spiro atoms. The largest absolute Gasteiger partial charge is 0.472 e. The molecule has 1 N–H and O–H groups in total. The molecule has 8 nitrogen and oxygen atoms in total. The van der Waals surface area contributed by atoms with Gasteiger partial charge in [0.25, 0.3) is 0 Å². The summed E-state index contributed by atoms with van der Waals surface area (Å²) < 4.78 is 32.0. The lowest BCUT2D eigenvalue weighted by Gasteiger charge is -2.19. The van der Waals surface area contributed by atoms with E-state index in [2.05, 4.69) is 30.5 Å². The summed E-state index contributed by atoms with van der Waals surface area (Å²) in [5.74, 6) is -0.802. The maximum atomic E-state index is 12.5. The van der Waals surface area contributed by atoms with Gasteiger partial charge in [0.1, 0.15) is 6.61 Å². The molecule has 0 aliphatic carbocycles. The predicted molar refractivity (Wildman–Crippen MR) is 226 cm³/mol. The second kappa shape index (κ2) is 41.4. The van der Waals surface area contributed by atoms with Gasteiger partial charge in [-0.15, -0.1) is 0 Å². The van der Waals surface area contributed by atoms with Gasteiger partial charge in [0.05, 0.1) is 6.61 Å². The van der Waals surface area contributed by atoms with Crippen LogP contribution in [0, 0.1) is 0 Å². The van der Waals surface area contributed by atoms with Gasteiger partial charge in [-0.1, -0.05) is 199 Å². The minimum Gasteiger partial charge on any atom is -0.462 e. The molecule has 0 amide bonds. The first-order valence-electron chi connectivity index (χ1n) is 22.9. The van der Waals surface area contributed by atoms with Crippen molar-refractivity contribution in [3.05, 3.63) is 12.2 Å². The second-order valence-corrected chi connectivity index (χ2v) is 17.1. The summed E-state index contributed by atoms with van der Waals surface area (Å²) in [4.78, 5) is 34.4. The van der Waals surface area contributed by atoms with Gasteiger partial charge >= 0.3 is 19.8 Å². The van der Waals surface area contributed by atoms with Gasteiger partial charge in [-0.2, -0.15) is 0 Å². The van der Waals surface area contributed by atoms with E-state index in [1.165, 1.54) is 154 Å². The van der Waals surface area contributed by atoms with Crippen molar-refractivity contribution in [2.24, 2.45) is 0 Å². The van der Waals surface area contributed by atoms with Crippen molar-refractivity contribution in [3.8, 4) is 0 Å². The summed E-state index contributed by atoms with van der Waals surface area (Å²) in [6.45, 7) is 3.88. The zero-order chi connectivity index (χ0) is 39.6. The molecule has 0 saturated heterocycles.